The Morgan fingerprint density at radius 2 is 2.00 bits per heavy atom. The van der Waals surface area contributed by atoms with E-state index in [0.717, 1.165) is 0 Å². The second kappa shape index (κ2) is 5.26. The molecule has 0 aliphatic rings. The van der Waals surface area contributed by atoms with Gasteiger partial charge in [0.15, 0.2) is 0 Å². The van der Waals surface area contributed by atoms with Crippen LogP contribution in [-0.4, -0.2) is 18.5 Å². The Labute approximate surface area is 117 Å². The van der Waals surface area contributed by atoms with Crippen molar-refractivity contribution >= 4 is 15.7 Å². The monoisotopic (exact) mass is 296 g/mol. The predicted molar refractivity (Wildman–Crippen MR) is 73.9 cm³/mol. The van der Waals surface area contributed by atoms with Crippen LogP contribution >= 0.6 is 0 Å². The third-order valence-electron chi connectivity index (χ3n) is 2.90. The molecule has 2 rings (SSSR count). The molecule has 2 aromatic heterocycles. The van der Waals surface area contributed by atoms with Gasteiger partial charge in [-0.25, -0.2) is 8.42 Å². The zero-order valence-corrected chi connectivity index (χ0v) is 12.3. The zero-order valence-electron chi connectivity index (χ0n) is 11.5. The lowest BCUT2D eigenvalue weighted by Gasteiger charge is -2.09. The molecular weight excluding hydrogens is 280 g/mol. The van der Waals surface area contributed by atoms with Crippen molar-refractivity contribution in [2.24, 2.45) is 0 Å². The Morgan fingerprint density at radius 1 is 1.30 bits per heavy atom. The van der Waals surface area contributed by atoms with Gasteiger partial charge in [0.2, 0.25) is 0 Å². The predicted octanol–water partition coefficient (Wildman–Crippen LogP) is 1.89. The lowest BCUT2D eigenvalue weighted by Crippen LogP contribution is -2.15. The minimum atomic E-state index is -3.81. The first-order valence-corrected chi connectivity index (χ1v) is 7.48. The van der Waals surface area contributed by atoms with Gasteiger partial charge in [-0.3, -0.25) is 9.71 Å². The van der Waals surface area contributed by atoms with Gasteiger partial charge in [0, 0.05) is 17.5 Å². The Balaban J connectivity index is 2.46. The first-order valence-electron chi connectivity index (χ1n) is 6.00. The van der Waals surface area contributed by atoms with Crippen molar-refractivity contribution in [2.75, 3.05) is 4.72 Å². The van der Waals surface area contributed by atoms with Crippen LogP contribution in [-0.2, 0) is 16.6 Å². The molecule has 20 heavy (non-hydrogen) atoms. The summed E-state index contributed by atoms with van der Waals surface area (Å²) in [7, 11) is -3.81. The number of anilines is 1. The van der Waals surface area contributed by atoms with Crippen molar-refractivity contribution in [2.45, 2.75) is 32.3 Å². The molecule has 108 valence electrons. The molecule has 6 nitrogen and oxygen atoms in total. The fourth-order valence-corrected chi connectivity index (χ4v) is 3.55. The number of furan rings is 1. The van der Waals surface area contributed by atoms with E-state index in [9.17, 15) is 13.5 Å². The SMILES string of the molecule is Cc1cc(NS(=O)(=O)c2c(C)oc(C)c2CO)ccn1. The van der Waals surface area contributed by atoms with E-state index >= 15 is 0 Å². The van der Waals surface area contributed by atoms with Crippen LogP contribution in [0.1, 0.15) is 22.8 Å². The van der Waals surface area contributed by atoms with E-state index in [2.05, 4.69) is 9.71 Å². The summed E-state index contributed by atoms with van der Waals surface area (Å²) in [6, 6.07) is 3.18. The van der Waals surface area contributed by atoms with Gasteiger partial charge in [-0.1, -0.05) is 0 Å². The van der Waals surface area contributed by atoms with Gasteiger partial charge in [0.1, 0.15) is 16.4 Å². The first kappa shape index (κ1) is 14.5. The number of aliphatic hydroxyl groups is 1. The lowest BCUT2D eigenvalue weighted by atomic mass is 10.2. The van der Waals surface area contributed by atoms with Gasteiger partial charge in [0.05, 0.1) is 12.3 Å². The largest absolute Gasteiger partial charge is 0.465 e. The average Bonchev–Trinajstić information content (AvgIpc) is 2.63. The second-order valence-electron chi connectivity index (χ2n) is 4.47. The number of aromatic nitrogens is 1. The maximum Gasteiger partial charge on any atom is 0.265 e. The summed E-state index contributed by atoms with van der Waals surface area (Å²) in [6.45, 7) is 4.55. The van der Waals surface area contributed by atoms with Crippen LogP contribution < -0.4 is 4.72 Å². The van der Waals surface area contributed by atoms with Gasteiger partial charge in [-0.05, 0) is 32.9 Å². The Morgan fingerprint density at radius 3 is 2.60 bits per heavy atom. The number of aliphatic hydroxyl groups excluding tert-OH is 1. The zero-order chi connectivity index (χ0) is 14.9. The molecule has 0 fully saturated rings. The minimum Gasteiger partial charge on any atom is -0.465 e. The molecule has 2 aromatic rings. The summed E-state index contributed by atoms with van der Waals surface area (Å²) in [5.74, 6) is 0.654. The Bertz CT molecular complexity index is 735. The van der Waals surface area contributed by atoms with E-state index in [1.807, 2.05) is 0 Å². The number of pyridine rings is 1. The summed E-state index contributed by atoms with van der Waals surface area (Å²) in [5, 5.41) is 9.32. The van der Waals surface area contributed by atoms with Crippen molar-refractivity contribution in [1.82, 2.24) is 4.98 Å². The van der Waals surface area contributed by atoms with E-state index in [4.69, 9.17) is 4.42 Å². The van der Waals surface area contributed by atoms with Crippen LogP contribution in [0.15, 0.2) is 27.6 Å². The highest BCUT2D eigenvalue weighted by atomic mass is 32.2. The van der Waals surface area contributed by atoms with E-state index in [-0.39, 0.29) is 16.2 Å². The van der Waals surface area contributed by atoms with Gasteiger partial charge < -0.3 is 9.52 Å². The normalized spacial score (nSPS) is 11.6. The number of hydrogen-bond donors (Lipinski definition) is 2. The molecule has 0 amide bonds. The maximum absolute atomic E-state index is 12.4. The first-order chi connectivity index (χ1) is 9.35. The highest BCUT2D eigenvalue weighted by Gasteiger charge is 2.26. The molecule has 0 aliphatic carbocycles. The molecule has 0 atom stereocenters. The molecule has 0 unspecified atom stereocenters. The highest BCUT2D eigenvalue weighted by Crippen LogP contribution is 2.28. The molecule has 2 heterocycles. The van der Waals surface area contributed by atoms with Crippen molar-refractivity contribution in [3.05, 3.63) is 41.1 Å². The molecular formula is C13H16N2O4S. The van der Waals surface area contributed by atoms with Crippen molar-refractivity contribution < 1.29 is 17.9 Å². The molecule has 0 spiro atoms. The lowest BCUT2D eigenvalue weighted by molar-refractivity contribution is 0.276. The number of nitrogens with one attached hydrogen (secondary N) is 1. The smallest absolute Gasteiger partial charge is 0.265 e. The summed E-state index contributed by atoms with van der Waals surface area (Å²) in [4.78, 5) is 4.00. The second-order valence-corrected chi connectivity index (χ2v) is 6.09. The molecule has 7 heteroatoms. The standard InChI is InChI=1S/C13H16N2O4S/c1-8-6-11(4-5-14-8)15-20(17,18)13-10(3)19-9(2)12(13)7-16/h4-6,16H,7H2,1-3H3,(H,14,15). The quantitative estimate of drug-likeness (QED) is 0.899. The minimum absolute atomic E-state index is 0.00744. The molecule has 0 radical (unpaired) electrons. The number of sulfonamides is 1. The van der Waals surface area contributed by atoms with Crippen molar-refractivity contribution in [1.29, 1.82) is 0 Å². The molecule has 2 N–H and O–H groups in total. The van der Waals surface area contributed by atoms with Crippen molar-refractivity contribution in [3.63, 3.8) is 0 Å². The third-order valence-corrected chi connectivity index (χ3v) is 4.48. The Hall–Kier alpha value is -1.86. The summed E-state index contributed by atoms with van der Waals surface area (Å²) < 4.78 is 32.6. The Kier molecular flexibility index (Phi) is 3.82. The molecule has 0 aromatic carbocycles. The molecule has 0 bridgehead atoms. The van der Waals surface area contributed by atoms with Gasteiger partial charge in [-0.15, -0.1) is 0 Å². The fraction of sp³-hybridized carbons (Fsp3) is 0.308. The number of hydrogen-bond acceptors (Lipinski definition) is 5. The van der Waals surface area contributed by atoms with Crippen LogP contribution in [0, 0.1) is 20.8 Å². The molecule has 0 aliphatic heterocycles. The van der Waals surface area contributed by atoms with Gasteiger partial charge in [0.25, 0.3) is 10.0 Å². The number of rotatable bonds is 4. The van der Waals surface area contributed by atoms with Crippen molar-refractivity contribution in [3.8, 4) is 0 Å². The number of nitrogens with zero attached hydrogens (tertiary/aromatic N) is 1. The molecule has 0 saturated carbocycles. The van der Waals surface area contributed by atoms with E-state index in [0.29, 0.717) is 17.1 Å². The average molecular weight is 296 g/mol. The van der Waals surface area contributed by atoms with Crippen LogP contribution in [0.3, 0.4) is 0 Å². The van der Waals surface area contributed by atoms with E-state index in [1.54, 1.807) is 32.9 Å². The fourth-order valence-electron chi connectivity index (χ4n) is 2.06. The molecule has 0 saturated heterocycles. The van der Waals surface area contributed by atoms with E-state index in [1.165, 1.54) is 6.20 Å². The van der Waals surface area contributed by atoms with Crippen LogP contribution in [0.5, 0.6) is 0 Å². The van der Waals surface area contributed by atoms with E-state index < -0.39 is 16.6 Å². The third kappa shape index (κ3) is 2.68. The highest BCUT2D eigenvalue weighted by molar-refractivity contribution is 7.92. The summed E-state index contributed by atoms with van der Waals surface area (Å²) in [6.07, 6.45) is 1.52. The van der Waals surface area contributed by atoms with Gasteiger partial charge >= 0.3 is 0 Å². The maximum atomic E-state index is 12.4. The van der Waals surface area contributed by atoms with Crippen LogP contribution in [0.4, 0.5) is 5.69 Å². The van der Waals surface area contributed by atoms with Crippen LogP contribution in [0.2, 0.25) is 0 Å². The van der Waals surface area contributed by atoms with Crippen LogP contribution in [0.25, 0.3) is 0 Å². The number of aryl methyl sites for hydroxylation is 3. The topological polar surface area (TPSA) is 92.4 Å². The summed E-state index contributed by atoms with van der Waals surface area (Å²) in [5.41, 5.74) is 1.40. The summed E-state index contributed by atoms with van der Waals surface area (Å²) >= 11 is 0. The van der Waals surface area contributed by atoms with Gasteiger partial charge in [-0.2, -0.15) is 0 Å².